The summed E-state index contributed by atoms with van der Waals surface area (Å²) < 4.78 is 0. The average molecular weight is 543 g/mol. The summed E-state index contributed by atoms with van der Waals surface area (Å²) in [4.78, 5) is 70.8. The monoisotopic (exact) mass is 542 g/mol. The van der Waals surface area contributed by atoms with E-state index >= 15 is 0 Å². The number of carbonyl (C=O) groups is 5. The van der Waals surface area contributed by atoms with Gasteiger partial charge in [-0.3, -0.25) is 19.2 Å². The minimum Gasteiger partial charge on any atom is -0.480 e. The third-order valence-electron chi connectivity index (χ3n) is 5.90. The fraction of sp³-hybridized carbons (Fsp3) is 0.333. The van der Waals surface area contributed by atoms with Gasteiger partial charge in [-0.25, -0.2) is 9.78 Å². The van der Waals surface area contributed by atoms with E-state index in [1.165, 1.54) is 12.5 Å². The number of aliphatic hydroxyl groups excluding tert-OH is 1. The number of benzene rings is 1. The van der Waals surface area contributed by atoms with Gasteiger partial charge >= 0.3 is 5.97 Å². The van der Waals surface area contributed by atoms with E-state index in [1.54, 1.807) is 6.20 Å². The smallest absolute Gasteiger partial charge is 0.326 e. The molecule has 0 bridgehead atoms. The van der Waals surface area contributed by atoms with Gasteiger partial charge in [0, 0.05) is 35.4 Å². The number of carboxylic acids is 1. The maximum atomic E-state index is 13.1. The van der Waals surface area contributed by atoms with Gasteiger partial charge in [-0.2, -0.15) is 0 Å². The van der Waals surface area contributed by atoms with Crippen molar-refractivity contribution in [3.8, 4) is 0 Å². The van der Waals surface area contributed by atoms with Crippen LogP contribution in [0.15, 0.2) is 43.0 Å². The van der Waals surface area contributed by atoms with Gasteiger partial charge in [-0.05, 0) is 18.1 Å². The summed E-state index contributed by atoms with van der Waals surface area (Å²) in [5.41, 5.74) is 13.3. The van der Waals surface area contributed by atoms with Crippen LogP contribution in [0.25, 0.3) is 10.9 Å². The second kappa shape index (κ2) is 13.2. The second-order valence-corrected chi connectivity index (χ2v) is 8.83. The Hall–Kier alpha value is -4.76. The number of para-hydroxylation sites is 1. The van der Waals surface area contributed by atoms with Crippen LogP contribution < -0.4 is 27.4 Å². The van der Waals surface area contributed by atoms with E-state index in [2.05, 4.69) is 25.6 Å². The number of rotatable bonds is 14. The molecule has 3 rings (SSSR count). The first-order chi connectivity index (χ1) is 18.6. The molecule has 0 fully saturated rings. The molecule has 39 heavy (non-hydrogen) atoms. The number of hydrogen-bond donors (Lipinski definition) is 9. The highest BCUT2D eigenvalue weighted by Gasteiger charge is 2.31. The standard InChI is InChI=1S/C24H30N8O7/c25-15(5-12-8-28-16-4-2-1-3-14(12)16)21(35)30-17(6-13-9-27-11-29-13)22(36)32-19(10-33)23(37)31-18(24(38)39)7-20(26)34/h1-4,8-9,11,15,17-19,28,33H,5-7,10,25H2,(H2,26,34)(H,27,29)(H,30,35)(H,31,37)(H,32,36)(H,38,39). The number of carboxylic acid groups (broad SMARTS) is 1. The fourth-order valence-electron chi connectivity index (χ4n) is 3.87. The summed E-state index contributed by atoms with van der Waals surface area (Å²) in [6.07, 6.45) is 3.99. The third kappa shape index (κ3) is 7.86. The lowest BCUT2D eigenvalue weighted by Crippen LogP contribution is -2.59. The van der Waals surface area contributed by atoms with Crippen molar-refractivity contribution in [3.63, 3.8) is 0 Å². The number of nitrogens with one attached hydrogen (secondary N) is 5. The van der Waals surface area contributed by atoms with Gasteiger partial charge in [0.1, 0.15) is 18.1 Å². The number of H-pyrrole nitrogens is 2. The lowest BCUT2D eigenvalue weighted by atomic mass is 10.0. The number of nitrogens with zero attached hydrogens (tertiary/aromatic N) is 1. The Kier molecular flexibility index (Phi) is 9.72. The van der Waals surface area contributed by atoms with Crippen molar-refractivity contribution < 1.29 is 34.2 Å². The zero-order valence-corrected chi connectivity index (χ0v) is 20.7. The first-order valence-electron chi connectivity index (χ1n) is 11.9. The Bertz CT molecular complexity index is 1320. The topological polar surface area (TPSA) is 258 Å². The Morgan fingerprint density at radius 3 is 2.23 bits per heavy atom. The number of imidazole rings is 1. The molecule has 15 nitrogen and oxygen atoms in total. The summed E-state index contributed by atoms with van der Waals surface area (Å²) in [6.45, 7) is -0.898. The first kappa shape index (κ1) is 28.8. The second-order valence-electron chi connectivity index (χ2n) is 8.83. The zero-order valence-electron chi connectivity index (χ0n) is 20.7. The van der Waals surface area contributed by atoms with Crippen molar-refractivity contribution >= 4 is 40.5 Å². The summed E-state index contributed by atoms with van der Waals surface area (Å²) in [6, 6.07) is 1.98. The maximum Gasteiger partial charge on any atom is 0.326 e. The van der Waals surface area contributed by atoms with Gasteiger partial charge < -0.3 is 47.6 Å². The summed E-state index contributed by atoms with van der Waals surface area (Å²) in [5.74, 6) is -5.06. The van der Waals surface area contributed by atoms with E-state index in [-0.39, 0.29) is 12.8 Å². The number of carbonyl (C=O) groups excluding carboxylic acids is 4. The van der Waals surface area contributed by atoms with Crippen molar-refractivity contribution in [1.82, 2.24) is 30.9 Å². The molecule has 2 aromatic heterocycles. The van der Waals surface area contributed by atoms with Gasteiger partial charge in [0.05, 0.1) is 25.4 Å². The van der Waals surface area contributed by atoms with Crippen LogP contribution in [-0.4, -0.2) is 85.5 Å². The van der Waals surface area contributed by atoms with Crippen LogP contribution in [0.4, 0.5) is 0 Å². The molecule has 11 N–H and O–H groups in total. The van der Waals surface area contributed by atoms with Gasteiger partial charge in [0.25, 0.3) is 0 Å². The molecule has 3 aromatic rings. The van der Waals surface area contributed by atoms with Gasteiger partial charge in [-0.1, -0.05) is 18.2 Å². The highest BCUT2D eigenvalue weighted by Crippen LogP contribution is 2.18. The molecule has 0 aliphatic heterocycles. The summed E-state index contributed by atoms with van der Waals surface area (Å²) >= 11 is 0. The lowest BCUT2D eigenvalue weighted by molar-refractivity contribution is -0.144. The van der Waals surface area contributed by atoms with Crippen LogP contribution >= 0.6 is 0 Å². The number of hydrogen-bond acceptors (Lipinski definition) is 8. The molecule has 4 unspecified atom stereocenters. The van der Waals surface area contributed by atoms with E-state index in [0.717, 1.165) is 16.5 Å². The molecule has 15 heteroatoms. The third-order valence-corrected chi connectivity index (χ3v) is 5.90. The minimum absolute atomic E-state index is 0.0590. The number of amides is 4. The number of aliphatic hydroxyl groups is 1. The fourth-order valence-corrected chi connectivity index (χ4v) is 3.87. The van der Waals surface area contributed by atoms with Gasteiger partial charge in [-0.15, -0.1) is 0 Å². The Morgan fingerprint density at radius 1 is 0.923 bits per heavy atom. The Balaban J connectivity index is 1.70. The van der Waals surface area contributed by atoms with E-state index in [0.29, 0.717) is 5.69 Å². The predicted molar refractivity (Wildman–Crippen MR) is 137 cm³/mol. The number of aliphatic carboxylic acids is 1. The normalized spacial score (nSPS) is 14.1. The molecule has 0 saturated carbocycles. The zero-order chi connectivity index (χ0) is 28.5. The molecule has 0 spiro atoms. The lowest BCUT2D eigenvalue weighted by Gasteiger charge is -2.24. The molecule has 0 aliphatic rings. The highest BCUT2D eigenvalue weighted by molar-refractivity contribution is 5.95. The van der Waals surface area contributed by atoms with Crippen molar-refractivity contribution in [2.45, 2.75) is 43.4 Å². The molecule has 4 atom stereocenters. The molecule has 0 radical (unpaired) electrons. The van der Waals surface area contributed by atoms with E-state index in [9.17, 15) is 34.2 Å². The van der Waals surface area contributed by atoms with Gasteiger partial charge in [0.2, 0.25) is 23.6 Å². The average Bonchev–Trinajstić information content (AvgIpc) is 3.56. The SMILES string of the molecule is NC(=O)CC(NC(=O)C(CO)NC(=O)C(Cc1cnc[nH]1)NC(=O)C(N)Cc1c[nH]c2ccccc12)C(=O)O. The molecule has 208 valence electrons. The molecule has 2 heterocycles. The number of aromatic nitrogens is 3. The van der Waals surface area contributed by atoms with E-state index in [4.69, 9.17) is 11.5 Å². The Labute approximate surface area is 221 Å². The molecule has 1 aromatic carbocycles. The molecule has 4 amide bonds. The summed E-state index contributed by atoms with van der Waals surface area (Å²) in [7, 11) is 0. The minimum atomic E-state index is -1.66. The van der Waals surface area contributed by atoms with Crippen LogP contribution in [0.5, 0.6) is 0 Å². The van der Waals surface area contributed by atoms with E-state index < -0.39 is 66.8 Å². The van der Waals surface area contributed by atoms with Crippen LogP contribution in [0.2, 0.25) is 0 Å². The maximum absolute atomic E-state index is 13.1. The molecule has 0 saturated heterocycles. The number of fused-ring (bicyclic) bond motifs is 1. The van der Waals surface area contributed by atoms with Gasteiger partial charge in [0.15, 0.2) is 0 Å². The number of aromatic amines is 2. The molecular weight excluding hydrogens is 512 g/mol. The summed E-state index contributed by atoms with van der Waals surface area (Å²) in [5, 5.41) is 26.7. The van der Waals surface area contributed by atoms with Crippen molar-refractivity contribution in [1.29, 1.82) is 0 Å². The van der Waals surface area contributed by atoms with Crippen molar-refractivity contribution in [2.24, 2.45) is 11.5 Å². The van der Waals surface area contributed by atoms with Crippen LogP contribution in [0.1, 0.15) is 17.7 Å². The number of nitrogens with two attached hydrogens (primary N) is 2. The van der Waals surface area contributed by atoms with Crippen molar-refractivity contribution in [2.75, 3.05) is 6.61 Å². The van der Waals surface area contributed by atoms with Crippen LogP contribution in [0.3, 0.4) is 0 Å². The quantitative estimate of drug-likeness (QED) is 0.103. The van der Waals surface area contributed by atoms with Crippen LogP contribution in [0, 0.1) is 0 Å². The first-order valence-corrected chi connectivity index (χ1v) is 11.9. The molecule has 0 aliphatic carbocycles. The largest absolute Gasteiger partial charge is 0.480 e. The number of primary amides is 1. The highest BCUT2D eigenvalue weighted by atomic mass is 16.4. The molecular formula is C24H30N8O7. The van der Waals surface area contributed by atoms with Crippen LogP contribution in [-0.2, 0) is 36.8 Å². The van der Waals surface area contributed by atoms with Crippen molar-refractivity contribution in [3.05, 3.63) is 54.2 Å². The van der Waals surface area contributed by atoms with E-state index in [1.807, 2.05) is 29.6 Å². The Morgan fingerprint density at radius 2 is 1.59 bits per heavy atom. The predicted octanol–water partition coefficient (Wildman–Crippen LogP) is -2.59.